The maximum Gasteiger partial charge on any atom is 0.168 e. The predicted octanol–water partition coefficient (Wildman–Crippen LogP) is 3.87. The van der Waals surface area contributed by atoms with Crippen LogP contribution >= 0.6 is 11.6 Å². The molecule has 20 heavy (non-hydrogen) atoms. The Kier molecular flexibility index (Phi) is 4.57. The third-order valence-corrected chi connectivity index (χ3v) is 3.40. The zero-order valence-electron chi connectivity index (χ0n) is 10.9. The maximum atomic E-state index is 14.0. The van der Waals surface area contributed by atoms with E-state index in [4.69, 9.17) is 22.1 Å². The molecule has 0 saturated heterocycles. The van der Waals surface area contributed by atoms with Gasteiger partial charge in [0, 0.05) is 16.6 Å². The van der Waals surface area contributed by atoms with Crippen molar-refractivity contribution in [3.63, 3.8) is 0 Å². The average molecular weight is 298 g/mol. The Morgan fingerprint density at radius 3 is 2.55 bits per heavy atom. The fourth-order valence-corrected chi connectivity index (χ4v) is 2.38. The topological polar surface area (TPSA) is 35.2 Å². The summed E-state index contributed by atoms with van der Waals surface area (Å²) in [6.45, 7) is 0. The lowest BCUT2D eigenvalue weighted by atomic mass is 9.98. The Balaban J connectivity index is 2.31. The van der Waals surface area contributed by atoms with Crippen molar-refractivity contribution >= 4 is 11.6 Å². The minimum Gasteiger partial charge on any atom is -0.494 e. The first-order valence-electron chi connectivity index (χ1n) is 6.05. The smallest absolute Gasteiger partial charge is 0.168 e. The van der Waals surface area contributed by atoms with Gasteiger partial charge in [-0.1, -0.05) is 29.8 Å². The summed E-state index contributed by atoms with van der Waals surface area (Å²) < 4.78 is 32.7. The molecule has 2 N–H and O–H groups in total. The molecule has 1 atom stereocenters. The summed E-state index contributed by atoms with van der Waals surface area (Å²) in [7, 11) is 1.38. The Morgan fingerprint density at radius 2 is 1.90 bits per heavy atom. The first kappa shape index (κ1) is 14.8. The number of hydrogen-bond donors (Lipinski definition) is 1. The van der Waals surface area contributed by atoms with E-state index < -0.39 is 17.7 Å². The molecule has 106 valence electrons. The van der Waals surface area contributed by atoms with Gasteiger partial charge in [0.2, 0.25) is 0 Å². The number of nitrogens with two attached hydrogens (primary N) is 1. The molecule has 2 aromatic rings. The lowest BCUT2D eigenvalue weighted by Crippen LogP contribution is -2.16. The number of halogens is 3. The molecule has 0 heterocycles. The van der Waals surface area contributed by atoms with Crippen LogP contribution < -0.4 is 10.5 Å². The van der Waals surface area contributed by atoms with Crippen LogP contribution in [0.25, 0.3) is 0 Å². The molecule has 0 bridgehead atoms. The maximum absolute atomic E-state index is 14.0. The van der Waals surface area contributed by atoms with Gasteiger partial charge in [-0.3, -0.25) is 0 Å². The Bertz CT molecular complexity index is 599. The number of rotatable bonds is 4. The first-order chi connectivity index (χ1) is 9.54. The van der Waals surface area contributed by atoms with Crippen LogP contribution in [0.4, 0.5) is 8.78 Å². The van der Waals surface area contributed by atoms with Crippen molar-refractivity contribution in [1.82, 2.24) is 0 Å². The summed E-state index contributed by atoms with van der Waals surface area (Å²) >= 11 is 5.95. The van der Waals surface area contributed by atoms with Gasteiger partial charge in [-0.15, -0.1) is 0 Å². The van der Waals surface area contributed by atoms with E-state index in [-0.39, 0.29) is 22.8 Å². The molecule has 0 fully saturated rings. The van der Waals surface area contributed by atoms with Crippen molar-refractivity contribution in [1.29, 1.82) is 0 Å². The van der Waals surface area contributed by atoms with Gasteiger partial charge in [0.25, 0.3) is 0 Å². The van der Waals surface area contributed by atoms with E-state index in [0.717, 1.165) is 0 Å². The number of benzene rings is 2. The third-order valence-electron chi connectivity index (χ3n) is 3.07. The Morgan fingerprint density at radius 1 is 1.20 bits per heavy atom. The van der Waals surface area contributed by atoms with E-state index in [0.29, 0.717) is 5.56 Å². The molecule has 2 aromatic carbocycles. The number of methoxy groups -OCH3 is 1. The van der Waals surface area contributed by atoms with E-state index in [2.05, 4.69) is 0 Å². The highest BCUT2D eigenvalue weighted by Gasteiger charge is 2.18. The van der Waals surface area contributed by atoms with Crippen molar-refractivity contribution in [2.75, 3.05) is 7.11 Å². The van der Waals surface area contributed by atoms with Crippen molar-refractivity contribution in [2.45, 2.75) is 12.5 Å². The monoisotopic (exact) mass is 297 g/mol. The standard InChI is InChI=1S/C15H14ClF2NO/c1-20-13-7-2-4-9(15(13)18)8-12(19)14-10(16)5-3-6-11(14)17/h2-7,12H,8,19H2,1H3. The molecule has 0 saturated carbocycles. The lowest BCUT2D eigenvalue weighted by molar-refractivity contribution is 0.383. The normalized spacial score (nSPS) is 12.2. The summed E-state index contributed by atoms with van der Waals surface area (Å²) in [6.07, 6.45) is 0.129. The SMILES string of the molecule is COc1cccc(CC(N)c2c(F)cccc2Cl)c1F. The predicted molar refractivity (Wildman–Crippen MR) is 75.0 cm³/mol. The van der Waals surface area contributed by atoms with Crippen molar-refractivity contribution < 1.29 is 13.5 Å². The molecule has 0 spiro atoms. The van der Waals surface area contributed by atoms with Gasteiger partial charge >= 0.3 is 0 Å². The van der Waals surface area contributed by atoms with Crippen molar-refractivity contribution in [3.05, 3.63) is 64.2 Å². The van der Waals surface area contributed by atoms with Gasteiger partial charge in [-0.05, 0) is 30.2 Å². The molecule has 2 nitrogen and oxygen atoms in total. The molecule has 0 aromatic heterocycles. The second-order valence-electron chi connectivity index (χ2n) is 4.38. The van der Waals surface area contributed by atoms with E-state index in [1.165, 1.54) is 25.3 Å². The average Bonchev–Trinajstić information content (AvgIpc) is 2.41. The lowest BCUT2D eigenvalue weighted by Gasteiger charge is -2.16. The Labute approximate surface area is 121 Å². The Hall–Kier alpha value is -1.65. The van der Waals surface area contributed by atoms with Gasteiger partial charge in [-0.25, -0.2) is 8.78 Å². The molecular formula is C15H14ClF2NO. The van der Waals surface area contributed by atoms with Gasteiger partial charge in [0.05, 0.1) is 7.11 Å². The van der Waals surface area contributed by atoms with Crippen LogP contribution in [0, 0.1) is 11.6 Å². The number of hydrogen-bond acceptors (Lipinski definition) is 2. The van der Waals surface area contributed by atoms with E-state index in [1.54, 1.807) is 18.2 Å². The zero-order valence-corrected chi connectivity index (χ0v) is 11.6. The molecule has 0 aliphatic rings. The van der Waals surface area contributed by atoms with Gasteiger partial charge in [-0.2, -0.15) is 0 Å². The largest absolute Gasteiger partial charge is 0.494 e. The molecule has 0 radical (unpaired) electrons. The molecule has 1 unspecified atom stereocenters. The minimum atomic E-state index is -0.731. The van der Waals surface area contributed by atoms with Crippen LogP contribution in [-0.4, -0.2) is 7.11 Å². The molecule has 0 aliphatic carbocycles. The first-order valence-corrected chi connectivity index (χ1v) is 6.43. The highest BCUT2D eigenvalue weighted by atomic mass is 35.5. The molecule has 0 amide bonds. The zero-order chi connectivity index (χ0) is 14.7. The third kappa shape index (κ3) is 2.92. The van der Waals surface area contributed by atoms with Crippen LogP contribution in [0.2, 0.25) is 5.02 Å². The molecule has 5 heteroatoms. The highest BCUT2D eigenvalue weighted by Crippen LogP contribution is 2.29. The number of ether oxygens (including phenoxy) is 1. The molecular weight excluding hydrogens is 284 g/mol. The van der Waals surface area contributed by atoms with E-state index in [9.17, 15) is 8.78 Å². The second-order valence-corrected chi connectivity index (χ2v) is 4.79. The quantitative estimate of drug-likeness (QED) is 0.930. The minimum absolute atomic E-state index is 0.129. The fourth-order valence-electron chi connectivity index (χ4n) is 2.08. The summed E-state index contributed by atoms with van der Waals surface area (Å²) in [5, 5.41) is 0.237. The van der Waals surface area contributed by atoms with Crippen LogP contribution in [0.3, 0.4) is 0 Å². The molecule has 2 rings (SSSR count). The van der Waals surface area contributed by atoms with Crippen LogP contribution in [0.1, 0.15) is 17.2 Å². The van der Waals surface area contributed by atoms with Crippen LogP contribution in [0.5, 0.6) is 5.75 Å². The van der Waals surface area contributed by atoms with Crippen LogP contribution in [-0.2, 0) is 6.42 Å². The van der Waals surface area contributed by atoms with Gasteiger partial charge in [0.15, 0.2) is 11.6 Å². The summed E-state index contributed by atoms with van der Waals surface area (Å²) in [6, 6.07) is 8.37. The fraction of sp³-hybridized carbons (Fsp3) is 0.200. The summed E-state index contributed by atoms with van der Waals surface area (Å²) in [5.41, 5.74) is 6.51. The summed E-state index contributed by atoms with van der Waals surface area (Å²) in [4.78, 5) is 0. The van der Waals surface area contributed by atoms with E-state index >= 15 is 0 Å². The van der Waals surface area contributed by atoms with Gasteiger partial charge in [0.1, 0.15) is 5.82 Å². The summed E-state index contributed by atoms with van der Waals surface area (Å²) in [5.74, 6) is -0.847. The van der Waals surface area contributed by atoms with Gasteiger partial charge < -0.3 is 10.5 Å². The second kappa shape index (κ2) is 6.20. The highest BCUT2D eigenvalue weighted by molar-refractivity contribution is 6.31. The van der Waals surface area contributed by atoms with Crippen LogP contribution in [0.15, 0.2) is 36.4 Å². The molecule has 0 aliphatic heterocycles. The van der Waals surface area contributed by atoms with Crippen molar-refractivity contribution in [2.24, 2.45) is 5.73 Å². The van der Waals surface area contributed by atoms with E-state index in [1.807, 2.05) is 0 Å². The van der Waals surface area contributed by atoms with Crippen molar-refractivity contribution in [3.8, 4) is 5.75 Å².